The summed E-state index contributed by atoms with van der Waals surface area (Å²) in [5.41, 5.74) is 1.06. The van der Waals surface area contributed by atoms with Crippen LogP contribution in [0.3, 0.4) is 0 Å². The van der Waals surface area contributed by atoms with Crippen LogP contribution in [0.1, 0.15) is 25.5 Å². The SMILES string of the molecule is COCC(C)Nc1nc(C)cn1CCN1CCCC1. The van der Waals surface area contributed by atoms with Crippen LogP contribution in [0.15, 0.2) is 6.20 Å². The molecule has 2 rings (SSSR count). The molecule has 108 valence electrons. The van der Waals surface area contributed by atoms with Crippen LogP contribution in [0.5, 0.6) is 0 Å². The van der Waals surface area contributed by atoms with Crippen LogP contribution in [0.2, 0.25) is 0 Å². The van der Waals surface area contributed by atoms with Gasteiger partial charge in [0.05, 0.1) is 12.3 Å². The Labute approximate surface area is 116 Å². The van der Waals surface area contributed by atoms with E-state index >= 15 is 0 Å². The highest BCUT2D eigenvalue weighted by molar-refractivity contribution is 5.30. The van der Waals surface area contributed by atoms with E-state index in [1.807, 2.05) is 6.92 Å². The second kappa shape index (κ2) is 6.91. The monoisotopic (exact) mass is 266 g/mol. The average molecular weight is 266 g/mol. The first-order valence-corrected chi connectivity index (χ1v) is 7.20. The Bertz CT molecular complexity index is 385. The van der Waals surface area contributed by atoms with Crippen LogP contribution in [-0.4, -0.2) is 53.8 Å². The number of rotatable bonds is 7. The molecule has 0 amide bonds. The molecule has 0 radical (unpaired) electrons. The number of likely N-dealkylation sites (tertiary alicyclic amines) is 1. The molecule has 0 spiro atoms. The average Bonchev–Trinajstić information content (AvgIpc) is 2.97. The van der Waals surface area contributed by atoms with Crippen molar-refractivity contribution >= 4 is 5.95 Å². The molecule has 19 heavy (non-hydrogen) atoms. The van der Waals surface area contributed by atoms with Gasteiger partial charge in [0.15, 0.2) is 0 Å². The van der Waals surface area contributed by atoms with E-state index in [-0.39, 0.29) is 6.04 Å². The molecular weight excluding hydrogens is 240 g/mol. The van der Waals surface area contributed by atoms with Crippen molar-refractivity contribution in [2.24, 2.45) is 0 Å². The zero-order valence-corrected chi connectivity index (χ0v) is 12.4. The molecule has 0 aliphatic carbocycles. The molecule has 5 heteroatoms. The normalized spacial score (nSPS) is 17.8. The zero-order chi connectivity index (χ0) is 13.7. The standard InChI is InChI=1S/C14H26N4O/c1-12-10-18(9-8-17-6-4-5-7-17)14(15-12)16-13(2)11-19-3/h10,13H,4-9,11H2,1-3H3,(H,15,16). The maximum Gasteiger partial charge on any atom is 0.203 e. The van der Waals surface area contributed by atoms with Gasteiger partial charge in [-0.3, -0.25) is 0 Å². The smallest absolute Gasteiger partial charge is 0.203 e. The fourth-order valence-electron chi connectivity index (χ4n) is 2.60. The minimum atomic E-state index is 0.275. The quantitative estimate of drug-likeness (QED) is 0.816. The van der Waals surface area contributed by atoms with Crippen molar-refractivity contribution < 1.29 is 4.74 Å². The maximum absolute atomic E-state index is 5.16. The van der Waals surface area contributed by atoms with Crippen LogP contribution in [0.4, 0.5) is 5.95 Å². The number of hydrogen-bond donors (Lipinski definition) is 1. The van der Waals surface area contributed by atoms with Crippen LogP contribution in [0, 0.1) is 6.92 Å². The minimum absolute atomic E-state index is 0.275. The fraction of sp³-hybridized carbons (Fsp3) is 0.786. The Morgan fingerprint density at radius 2 is 2.11 bits per heavy atom. The van der Waals surface area contributed by atoms with Crippen molar-refractivity contribution in [2.75, 3.05) is 38.7 Å². The Balaban J connectivity index is 1.91. The van der Waals surface area contributed by atoms with Gasteiger partial charge in [-0.1, -0.05) is 0 Å². The summed E-state index contributed by atoms with van der Waals surface area (Å²) in [4.78, 5) is 7.08. The van der Waals surface area contributed by atoms with Gasteiger partial charge in [0.1, 0.15) is 0 Å². The Kier molecular flexibility index (Phi) is 5.22. The number of anilines is 1. The second-order valence-corrected chi connectivity index (χ2v) is 5.45. The third-order valence-corrected chi connectivity index (χ3v) is 3.54. The predicted molar refractivity (Wildman–Crippen MR) is 77.6 cm³/mol. The molecule has 0 bridgehead atoms. The van der Waals surface area contributed by atoms with Gasteiger partial charge < -0.3 is 19.5 Å². The van der Waals surface area contributed by atoms with Crippen molar-refractivity contribution in [3.05, 3.63) is 11.9 Å². The molecule has 5 nitrogen and oxygen atoms in total. The summed E-state index contributed by atoms with van der Waals surface area (Å²) in [5.74, 6) is 0.959. The molecule has 0 aromatic carbocycles. The van der Waals surface area contributed by atoms with Gasteiger partial charge in [-0.15, -0.1) is 0 Å². The van der Waals surface area contributed by atoms with Crippen LogP contribution in [0.25, 0.3) is 0 Å². The van der Waals surface area contributed by atoms with Gasteiger partial charge in [0.2, 0.25) is 5.95 Å². The molecule has 1 saturated heterocycles. The van der Waals surface area contributed by atoms with Crippen molar-refractivity contribution in [1.29, 1.82) is 0 Å². The van der Waals surface area contributed by atoms with E-state index in [9.17, 15) is 0 Å². The van der Waals surface area contributed by atoms with Crippen molar-refractivity contribution in [3.63, 3.8) is 0 Å². The van der Waals surface area contributed by atoms with Crippen LogP contribution < -0.4 is 5.32 Å². The molecule has 1 fully saturated rings. The number of nitrogens with zero attached hydrogens (tertiary/aromatic N) is 3. The van der Waals surface area contributed by atoms with Crippen LogP contribution >= 0.6 is 0 Å². The second-order valence-electron chi connectivity index (χ2n) is 5.45. The van der Waals surface area contributed by atoms with E-state index in [1.54, 1.807) is 7.11 Å². The predicted octanol–water partition coefficient (Wildman–Crippen LogP) is 1.73. The van der Waals surface area contributed by atoms with E-state index < -0.39 is 0 Å². The van der Waals surface area contributed by atoms with E-state index in [1.165, 1.54) is 25.9 Å². The van der Waals surface area contributed by atoms with E-state index in [2.05, 4.69) is 32.9 Å². The summed E-state index contributed by atoms with van der Waals surface area (Å²) in [6.45, 7) is 9.45. The van der Waals surface area contributed by atoms with Gasteiger partial charge in [0, 0.05) is 32.4 Å². The summed E-state index contributed by atoms with van der Waals surface area (Å²) in [6, 6.07) is 0.275. The summed E-state index contributed by atoms with van der Waals surface area (Å²) in [5, 5.41) is 3.42. The molecular formula is C14H26N4O. The first-order valence-electron chi connectivity index (χ1n) is 7.20. The van der Waals surface area contributed by atoms with Crippen LogP contribution in [-0.2, 0) is 11.3 Å². The zero-order valence-electron chi connectivity index (χ0n) is 12.4. The third-order valence-electron chi connectivity index (χ3n) is 3.54. The first kappa shape index (κ1) is 14.3. The summed E-state index contributed by atoms with van der Waals surface area (Å²) < 4.78 is 7.38. The number of imidazole rings is 1. The molecule has 1 unspecified atom stereocenters. The van der Waals surface area contributed by atoms with Gasteiger partial charge in [-0.05, 0) is 39.8 Å². The number of nitrogens with one attached hydrogen (secondary N) is 1. The van der Waals surface area contributed by atoms with Gasteiger partial charge in [-0.2, -0.15) is 0 Å². The molecule has 1 N–H and O–H groups in total. The number of aryl methyl sites for hydroxylation is 1. The van der Waals surface area contributed by atoms with E-state index in [4.69, 9.17) is 4.74 Å². The summed E-state index contributed by atoms with van der Waals surface area (Å²) >= 11 is 0. The molecule has 0 saturated carbocycles. The number of ether oxygens (including phenoxy) is 1. The minimum Gasteiger partial charge on any atom is -0.383 e. The highest BCUT2D eigenvalue weighted by atomic mass is 16.5. The molecule has 1 atom stereocenters. The topological polar surface area (TPSA) is 42.3 Å². The number of methoxy groups -OCH3 is 1. The molecule has 1 aliphatic rings. The molecule has 1 aromatic rings. The highest BCUT2D eigenvalue weighted by Crippen LogP contribution is 2.12. The van der Waals surface area contributed by atoms with Crippen molar-refractivity contribution in [2.45, 2.75) is 39.3 Å². The Morgan fingerprint density at radius 1 is 1.37 bits per heavy atom. The fourth-order valence-corrected chi connectivity index (χ4v) is 2.60. The van der Waals surface area contributed by atoms with Crippen molar-refractivity contribution in [1.82, 2.24) is 14.5 Å². The molecule has 2 heterocycles. The summed E-state index contributed by atoms with van der Waals surface area (Å²) in [6.07, 6.45) is 4.82. The lowest BCUT2D eigenvalue weighted by Crippen LogP contribution is -2.26. The molecule has 1 aliphatic heterocycles. The Morgan fingerprint density at radius 3 is 2.79 bits per heavy atom. The van der Waals surface area contributed by atoms with E-state index in [0.717, 1.165) is 24.7 Å². The van der Waals surface area contributed by atoms with Gasteiger partial charge >= 0.3 is 0 Å². The molecule has 1 aromatic heterocycles. The lowest BCUT2D eigenvalue weighted by Gasteiger charge is -2.18. The largest absolute Gasteiger partial charge is 0.383 e. The number of aromatic nitrogens is 2. The number of hydrogen-bond acceptors (Lipinski definition) is 4. The Hall–Kier alpha value is -1.07. The highest BCUT2D eigenvalue weighted by Gasteiger charge is 2.13. The first-order chi connectivity index (χ1) is 9.19. The van der Waals surface area contributed by atoms with E-state index in [0.29, 0.717) is 6.61 Å². The maximum atomic E-state index is 5.16. The lowest BCUT2D eigenvalue weighted by atomic mass is 10.4. The lowest BCUT2D eigenvalue weighted by molar-refractivity contribution is 0.190. The third kappa shape index (κ3) is 4.21. The van der Waals surface area contributed by atoms with Gasteiger partial charge in [0.25, 0.3) is 0 Å². The van der Waals surface area contributed by atoms with Gasteiger partial charge in [-0.25, -0.2) is 4.98 Å². The summed E-state index contributed by atoms with van der Waals surface area (Å²) in [7, 11) is 1.73. The van der Waals surface area contributed by atoms with Crippen molar-refractivity contribution in [3.8, 4) is 0 Å².